The summed E-state index contributed by atoms with van der Waals surface area (Å²) < 4.78 is 27.4. The summed E-state index contributed by atoms with van der Waals surface area (Å²) in [6, 6.07) is 16.9. The number of nitrogens with zero attached hydrogens (tertiary/aromatic N) is 3. The van der Waals surface area contributed by atoms with Crippen molar-refractivity contribution in [1.82, 2.24) is 15.1 Å². The number of rotatable bonds is 6. The fourth-order valence-electron chi connectivity index (χ4n) is 3.83. The third-order valence-electron chi connectivity index (χ3n) is 5.41. The first-order valence-corrected chi connectivity index (χ1v) is 12.0. The number of sulfonamides is 1. The Balaban J connectivity index is 1.31. The maximum absolute atomic E-state index is 12.4. The number of anilines is 1. The van der Waals surface area contributed by atoms with Crippen LogP contribution in [0.15, 0.2) is 54.6 Å². The molecule has 2 aromatic carbocycles. The van der Waals surface area contributed by atoms with Crippen molar-refractivity contribution in [2.75, 3.05) is 23.1 Å². The molecule has 1 fully saturated rings. The van der Waals surface area contributed by atoms with Crippen molar-refractivity contribution in [3.8, 4) is 5.69 Å². The molecule has 1 aromatic heterocycles. The lowest BCUT2D eigenvalue weighted by Crippen LogP contribution is -2.26. The van der Waals surface area contributed by atoms with Gasteiger partial charge in [-0.15, -0.1) is 0 Å². The van der Waals surface area contributed by atoms with E-state index in [2.05, 4.69) is 10.4 Å². The third kappa shape index (κ3) is 4.64. The second-order valence-electron chi connectivity index (χ2n) is 7.80. The van der Waals surface area contributed by atoms with Gasteiger partial charge in [0.1, 0.15) is 0 Å². The maximum atomic E-state index is 12.4. The van der Waals surface area contributed by atoms with E-state index in [1.807, 2.05) is 48.9 Å². The summed E-state index contributed by atoms with van der Waals surface area (Å²) in [6.07, 6.45) is 1.35. The molecule has 0 aliphatic carbocycles. The Kier molecular flexibility index (Phi) is 5.82. The summed E-state index contributed by atoms with van der Waals surface area (Å²) in [5.41, 5.74) is 5.33. The lowest BCUT2D eigenvalue weighted by atomic mass is 10.1. The van der Waals surface area contributed by atoms with Crippen LogP contribution < -0.4 is 9.62 Å². The minimum Gasteiger partial charge on any atom is -0.352 e. The average Bonchev–Trinajstić information content (AvgIpc) is 3.28. The Morgan fingerprint density at radius 2 is 1.71 bits per heavy atom. The smallest absolute Gasteiger partial charge is 0.251 e. The molecule has 0 saturated carbocycles. The molecule has 0 bridgehead atoms. The number of amides is 1. The zero-order valence-corrected chi connectivity index (χ0v) is 18.5. The summed E-state index contributed by atoms with van der Waals surface area (Å²) in [4.78, 5) is 12.4. The van der Waals surface area contributed by atoms with Gasteiger partial charge in [-0.1, -0.05) is 12.1 Å². The Morgan fingerprint density at radius 3 is 2.29 bits per heavy atom. The van der Waals surface area contributed by atoms with Gasteiger partial charge in [0.15, 0.2) is 0 Å². The molecule has 1 amide bonds. The normalized spacial score (nSPS) is 15.2. The van der Waals surface area contributed by atoms with Crippen LogP contribution in [-0.4, -0.2) is 42.9 Å². The lowest BCUT2D eigenvalue weighted by molar-refractivity contribution is 0.0954. The third-order valence-corrected chi connectivity index (χ3v) is 7.28. The molecule has 3 aromatic rings. The number of benzene rings is 2. The standard InChI is InChI=1S/C23H26N4O3S/c1-17-16-18(2)27(25-17)22-8-4-19(5-9-22)12-13-24-23(28)20-6-10-21(11-7-20)26-14-3-15-31(26,29)30/h4-11,16H,3,12-15H2,1-2H3,(H,24,28). The van der Waals surface area contributed by atoms with Crippen LogP contribution in [0.5, 0.6) is 0 Å². The number of aryl methyl sites for hydroxylation is 2. The van der Waals surface area contributed by atoms with Gasteiger partial charge in [0.25, 0.3) is 5.91 Å². The molecule has 7 nitrogen and oxygen atoms in total. The summed E-state index contributed by atoms with van der Waals surface area (Å²) in [5.74, 6) is 0.00677. The highest BCUT2D eigenvalue weighted by molar-refractivity contribution is 7.93. The van der Waals surface area contributed by atoms with Gasteiger partial charge >= 0.3 is 0 Å². The Hall–Kier alpha value is -3.13. The van der Waals surface area contributed by atoms with Gasteiger partial charge < -0.3 is 5.32 Å². The van der Waals surface area contributed by atoms with E-state index in [9.17, 15) is 13.2 Å². The van der Waals surface area contributed by atoms with Crippen molar-refractivity contribution in [2.45, 2.75) is 26.7 Å². The molecular formula is C23H26N4O3S. The van der Waals surface area contributed by atoms with Gasteiger partial charge in [0.2, 0.25) is 10.0 Å². The van der Waals surface area contributed by atoms with Crippen molar-refractivity contribution < 1.29 is 13.2 Å². The topological polar surface area (TPSA) is 84.3 Å². The summed E-state index contributed by atoms with van der Waals surface area (Å²) >= 11 is 0. The highest BCUT2D eigenvalue weighted by Gasteiger charge is 2.28. The number of aromatic nitrogens is 2. The van der Waals surface area contributed by atoms with Crippen molar-refractivity contribution in [1.29, 1.82) is 0 Å². The first kappa shape index (κ1) is 21.1. The molecule has 2 heterocycles. The predicted molar refractivity (Wildman–Crippen MR) is 121 cm³/mol. The van der Waals surface area contributed by atoms with E-state index in [4.69, 9.17) is 0 Å². The summed E-state index contributed by atoms with van der Waals surface area (Å²) in [7, 11) is -3.21. The highest BCUT2D eigenvalue weighted by Crippen LogP contribution is 2.24. The van der Waals surface area contributed by atoms with E-state index < -0.39 is 10.0 Å². The molecule has 1 N–H and O–H groups in total. The predicted octanol–water partition coefficient (Wildman–Crippen LogP) is 3.00. The molecule has 0 unspecified atom stereocenters. The average molecular weight is 439 g/mol. The van der Waals surface area contributed by atoms with Crippen LogP contribution in [0.3, 0.4) is 0 Å². The highest BCUT2D eigenvalue weighted by atomic mass is 32.2. The fourth-order valence-corrected chi connectivity index (χ4v) is 5.39. The van der Waals surface area contributed by atoms with E-state index >= 15 is 0 Å². The van der Waals surface area contributed by atoms with E-state index in [0.717, 1.165) is 22.6 Å². The molecule has 8 heteroatoms. The van der Waals surface area contributed by atoms with Crippen LogP contribution >= 0.6 is 0 Å². The minimum atomic E-state index is -3.21. The molecule has 31 heavy (non-hydrogen) atoms. The molecule has 0 radical (unpaired) electrons. The fraction of sp³-hybridized carbons (Fsp3) is 0.304. The number of nitrogens with one attached hydrogen (secondary N) is 1. The van der Waals surface area contributed by atoms with Gasteiger partial charge in [-0.3, -0.25) is 9.10 Å². The summed E-state index contributed by atoms with van der Waals surface area (Å²) in [6.45, 7) is 5.01. The number of carbonyl (C=O) groups excluding carboxylic acids is 1. The molecule has 0 atom stereocenters. The van der Waals surface area contributed by atoms with Crippen molar-refractivity contribution >= 4 is 21.6 Å². The Bertz CT molecular complexity index is 1180. The molecular weight excluding hydrogens is 412 g/mol. The number of carbonyl (C=O) groups is 1. The first-order valence-electron chi connectivity index (χ1n) is 10.3. The van der Waals surface area contributed by atoms with E-state index in [-0.39, 0.29) is 11.7 Å². The maximum Gasteiger partial charge on any atom is 0.251 e. The first-order chi connectivity index (χ1) is 14.8. The van der Waals surface area contributed by atoms with Crippen molar-refractivity contribution in [2.24, 2.45) is 0 Å². The van der Waals surface area contributed by atoms with Crippen molar-refractivity contribution in [3.63, 3.8) is 0 Å². The van der Waals surface area contributed by atoms with Gasteiger partial charge in [-0.25, -0.2) is 13.1 Å². The van der Waals surface area contributed by atoms with Gasteiger partial charge in [0, 0.05) is 24.3 Å². The monoisotopic (exact) mass is 438 g/mol. The Morgan fingerprint density at radius 1 is 1.03 bits per heavy atom. The number of hydrogen-bond acceptors (Lipinski definition) is 4. The summed E-state index contributed by atoms with van der Waals surface area (Å²) in [5, 5.41) is 7.41. The largest absolute Gasteiger partial charge is 0.352 e. The van der Waals surface area contributed by atoms with Crippen LogP contribution in [0.2, 0.25) is 0 Å². The molecule has 1 aliphatic heterocycles. The molecule has 0 spiro atoms. The van der Waals surface area contributed by atoms with Gasteiger partial charge in [0.05, 0.1) is 22.8 Å². The number of hydrogen-bond donors (Lipinski definition) is 1. The molecule has 1 aliphatic rings. The Labute approximate surface area is 182 Å². The second-order valence-corrected chi connectivity index (χ2v) is 9.81. The lowest BCUT2D eigenvalue weighted by Gasteiger charge is -2.17. The van der Waals surface area contributed by atoms with Crippen molar-refractivity contribution in [3.05, 3.63) is 77.1 Å². The van der Waals surface area contributed by atoms with E-state index in [0.29, 0.717) is 37.2 Å². The molecule has 162 valence electrons. The quantitative estimate of drug-likeness (QED) is 0.641. The molecule has 1 saturated heterocycles. The van der Waals surface area contributed by atoms with Crippen LogP contribution in [0.25, 0.3) is 5.69 Å². The van der Waals surface area contributed by atoms with Crippen LogP contribution in [-0.2, 0) is 16.4 Å². The van der Waals surface area contributed by atoms with Crippen LogP contribution in [0, 0.1) is 13.8 Å². The van der Waals surface area contributed by atoms with Crippen LogP contribution in [0.1, 0.15) is 33.7 Å². The molecule has 4 rings (SSSR count). The second kappa shape index (κ2) is 8.55. The van der Waals surface area contributed by atoms with Gasteiger partial charge in [-0.2, -0.15) is 5.10 Å². The van der Waals surface area contributed by atoms with Crippen LogP contribution in [0.4, 0.5) is 5.69 Å². The SMILES string of the molecule is Cc1cc(C)n(-c2ccc(CCNC(=O)c3ccc(N4CCCS4(=O)=O)cc3)cc2)n1. The van der Waals surface area contributed by atoms with E-state index in [1.54, 1.807) is 24.3 Å². The zero-order valence-electron chi connectivity index (χ0n) is 17.7. The zero-order chi connectivity index (χ0) is 22.0. The minimum absolute atomic E-state index is 0.171. The van der Waals surface area contributed by atoms with Gasteiger partial charge in [-0.05, 0) is 74.7 Å². The van der Waals surface area contributed by atoms with E-state index in [1.165, 1.54) is 4.31 Å².